The van der Waals surface area contributed by atoms with E-state index in [1.54, 1.807) is 0 Å². The quantitative estimate of drug-likeness (QED) is 0.818. The van der Waals surface area contributed by atoms with Crippen LogP contribution in [0.2, 0.25) is 0 Å². The van der Waals surface area contributed by atoms with Gasteiger partial charge in [-0.25, -0.2) is 9.78 Å². The third-order valence-electron chi connectivity index (χ3n) is 3.73. The molecule has 0 spiro atoms. The highest BCUT2D eigenvalue weighted by Gasteiger charge is 2.30. The first kappa shape index (κ1) is 15.9. The zero-order valence-electron chi connectivity index (χ0n) is 13.5. The zero-order chi connectivity index (χ0) is 16.4. The summed E-state index contributed by atoms with van der Waals surface area (Å²) in [6.45, 7) is 4.70. The average molecular weight is 332 g/mol. The van der Waals surface area contributed by atoms with Crippen molar-refractivity contribution in [1.82, 2.24) is 14.3 Å². The molecule has 122 valence electrons. The van der Waals surface area contributed by atoms with E-state index in [0.29, 0.717) is 23.9 Å². The van der Waals surface area contributed by atoms with Gasteiger partial charge in [0.15, 0.2) is 0 Å². The summed E-state index contributed by atoms with van der Waals surface area (Å²) in [7, 11) is 1.40. The molecule has 2 aromatic heterocycles. The number of rotatable bonds is 6. The molecule has 2 aromatic rings. The first-order valence-electron chi connectivity index (χ1n) is 7.74. The van der Waals surface area contributed by atoms with Crippen LogP contribution in [0, 0.1) is 0 Å². The molecule has 1 aliphatic carbocycles. The van der Waals surface area contributed by atoms with Gasteiger partial charge in [0.25, 0.3) is 0 Å². The molecule has 0 amide bonds. The van der Waals surface area contributed by atoms with Gasteiger partial charge in [-0.1, -0.05) is 13.8 Å². The van der Waals surface area contributed by atoms with Gasteiger partial charge in [-0.15, -0.1) is 0 Å². The number of aromatic nitrogens is 3. The molecule has 1 N–H and O–H groups in total. The Morgan fingerprint density at radius 2 is 2.17 bits per heavy atom. The van der Waals surface area contributed by atoms with E-state index in [4.69, 9.17) is 4.74 Å². The van der Waals surface area contributed by atoms with Crippen LogP contribution in [0.5, 0.6) is 0 Å². The smallest absolute Gasteiger partial charge is 0.339 e. The zero-order valence-corrected chi connectivity index (χ0v) is 14.3. The minimum absolute atomic E-state index is 0.315. The Morgan fingerprint density at radius 1 is 1.39 bits per heavy atom. The number of carbonyl (C=O) groups is 1. The summed E-state index contributed by atoms with van der Waals surface area (Å²) in [6, 6.07) is 3.67. The second-order valence-electron chi connectivity index (χ2n) is 5.97. The molecule has 1 aliphatic rings. The minimum atomic E-state index is -0.315. The molecule has 0 bridgehead atoms. The third kappa shape index (κ3) is 3.67. The number of pyridine rings is 1. The highest BCUT2D eigenvalue weighted by atomic mass is 32.1. The van der Waals surface area contributed by atoms with Crippen LogP contribution in [-0.2, 0) is 11.3 Å². The maximum atomic E-state index is 11.8. The van der Waals surface area contributed by atoms with Crippen molar-refractivity contribution >= 4 is 22.6 Å². The van der Waals surface area contributed by atoms with Crippen LogP contribution < -0.4 is 5.32 Å². The molecule has 0 atom stereocenters. The van der Waals surface area contributed by atoms with E-state index in [9.17, 15) is 4.79 Å². The monoisotopic (exact) mass is 332 g/mol. The molecular formula is C16H20N4O2S. The fourth-order valence-corrected chi connectivity index (χ4v) is 2.98. The molecule has 1 saturated carbocycles. The standard InChI is InChI=1S/C16H20N4O2S/c1-9(2)14-19-16(23-20-14)17-8-11-6-7-12(15(21)22-3)13(18-11)10-4-5-10/h6-7,9-10H,4-5,8H2,1-3H3,(H,17,19,20). The molecule has 6 nitrogen and oxygen atoms in total. The van der Waals surface area contributed by atoms with Crippen LogP contribution in [-0.4, -0.2) is 27.4 Å². The lowest BCUT2D eigenvalue weighted by Crippen LogP contribution is -2.10. The third-order valence-corrected chi connectivity index (χ3v) is 4.42. The van der Waals surface area contributed by atoms with Gasteiger partial charge in [0.05, 0.1) is 30.6 Å². The second kappa shape index (κ2) is 6.62. The number of anilines is 1. The Labute approximate surface area is 139 Å². The van der Waals surface area contributed by atoms with E-state index in [-0.39, 0.29) is 5.97 Å². The van der Waals surface area contributed by atoms with Crippen molar-refractivity contribution in [1.29, 1.82) is 0 Å². The van der Waals surface area contributed by atoms with Gasteiger partial charge in [0.2, 0.25) is 5.13 Å². The number of nitrogens with one attached hydrogen (secondary N) is 1. The second-order valence-corrected chi connectivity index (χ2v) is 6.72. The maximum absolute atomic E-state index is 11.8. The summed E-state index contributed by atoms with van der Waals surface area (Å²) in [5.74, 6) is 1.24. The van der Waals surface area contributed by atoms with Crippen molar-refractivity contribution in [2.24, 2.45) is 0 Å². The SMILES string of the molecule is COC(=O)c1ccc(CNc2nc(C(C)C)ns2)nc1C1CC1. The van der Waals surface area contributed by atoms with Crippen molar-refractivity contribution in [2.45, 2.75) is 45.1 Å². The molecule has 0 aliphatic heterocycles. The first-order valence-corrected chi connectivity index (χ1v) is 8.51. The number of methoxy groups -OCH3 is 1. The van der Waals surface area contributed by atoms with Crippen LogP contribution in [0.4, 0.5) is 5.13 Å². The topological polar surface area (TPSA) is 77.0 Å². The molecular weight excluding hydrogens is 312 g/mol. The van der Waals surface area contributed by atoms with Crippen LogP contribution >= 0.6 is 11.5 Å². The molecule has 7 heteroatoms. The van der Waals surface area contributed by atoms with Crippen LogP contribution in [0.15, 0.2) is 12.1 Å². The van der Waals surface area contributed by atoms with Crippen LogP contribution in [0.25, 0.3) is 0 Å². The minimum Gasteiger partial charge on any atom is -0.465 e. The van der Waals surface area contributed by atoms with Gasteiger partial charge in [-0.05, 0) is 25.0 Å². The number of hydrogen-bond acceptors (Lipinski definition) is 7. The normalized spacial score (nSPS) is 14.1. The van der Waals surface area contributed by atoms with E-state index in [0.717, 1.165) is 35.2 Å². The Morgan fingerprint density at radius 3 is 2.78 bits per heavy atom. The van der Waals surface area contributed by atoms with E-state index in [1.807, 2.05) is 12.1 Å². The van der Waals surface area contributed by atoms with Gasteiger partial charge in [-0.3, -0.25) is 4.98 Å². The van der Waals surface area contributed by atoms with E-state index >= 15 is 0 Å². The Kier molecular flexibility index (Phi) is 4.56. The summed E-state index contributed by atoms with van der Waals surface area (Å²) in [5.41, 5.74) is 2.33. The highest BCUT2D eigenvalue weighted by molar-refractivity contribution is 7.09. The lowest BCUT2D eigenvalue weighted by atomic mass is 10.1. The predicted molar refractivity (Wildman–Crippen MR) is 88.9 cm³/mol. The van der Waals surface area contributed by atoms with Crippen molar-refractivity contribution in [3.05, 3.63) is 34.9 Å². The average Bonchev–Trinajstić information content (AvgIpc) is 3.29. The number of ether oxygens (including phenoxy) is 1. The van der Waals surface area contributed by atoms with Crippen LogP contribution in [0.1, 0.15) is 66.1 Å². The van der Waals surface area contributed by atoms with E-state index in [1.165, 1.54) is 18.6 Å². The number of hydrogen-bond donors (Lipinski definition) is 1. The maximum Gasteiger partial charge on any atom is 0.339 e. The fraction of sp³-hybridized carbons (Fsp3) is 0.500. The van der Waals surface area contributed by atoms with Crippen molar-refractivity contribution in [2.75, 3.05) is 12.4 Å². The molecule has 2 heterocycles. The Balaban J connectivity index is 1.72. The summed E-state index contributed by atoms with van der Waals surface area (Å²) < 4.78 is 9.16. The number of nitrogens with zero attached hydrogens (tertiary/aromatic N) is 3. The lowest BCUT2D eigenvalue weighted by Gasteiger charge is -2.09. The van der Waals surface area contributed by atoms with Crippen LogP contribution in [0.3, 0.4) is 0 Å². The van der Waals surface area contributed by atoms with Gasteiger partial charge in [0, 0.05) is 23.4 Å². The number of carbonyl (C=O) groups excluding carboxylic acids is 1. The Bertz CT molecular complexity index is 710. The van der Waals surface area contributed by atoms with Gasteiger partial charge < -0.3 is 10.1 Å². The summed E-state index contributed by atoms with van der Waals surface area (Å²) in [5, 5.41) is 4.04. The largest absolute Gasteiger partial charge is 0.465 e. The van der Waals surface area contributed by atoms with Gasteiger partial charge >= 0.3 is 5.97 Å². The summed E-state index contributed by atoms with van der Waals surface area (Å²) in [6.07, 6.45) is 2.17. The first-order chi connectivity index (χ1) is 11.1. The molecule has 0 aromatic carbocycles. The Hall–Kier alpha value is -2.02. The summed E-state index contributed by atoms with van der Waals surface area (Å²) in [4.78, 5) is 20.9. The van der Waals surface area contributed by atoms with E-state index < -0.39 is 0 Å². The number of esters is 1. The van der Waals surface area contributed by atoms with Gasteiger partial charge in [-0.2, -0.15) is 4.37 Å². The van der Waals surface area contributed by atoms with Crippen molar-refractivity contribution < 1.29 is 9.53 Å². The molecule has 3 rings (SSSR count). The highest BCUT2D eigenvalue weighted by Crippen LogP contribution is 2.40. The molecule has 0 radical (unpaired) electrons. The molecule has 1 fully saturated rings. The van der Waals surface area contributed by atoms with Crippen molar-refractivity contribution in [3.63, 3.8) is 0 Å². The molecule has 23 heavy (non-hydrogen) atoms. The lowest BCUT2D eigenvalue weighted by molar-refractivity contribution is 0.0598. The van der Waals surface area contributed by atoms with Crippen molar-refractivity contribution in [3.8, 4) is 0 Å². The molecule has 0 saturated heterocycles. The molecule has 0 unspecified atom stereocenters. The predicted octanol–water partition coefficient (Wildman–Crippen LogP) is 3.33. The fourth-order valence-electron chi connectivity index (χ4n) is 2.27. The summed E-state index contributed by atoms with van der Waals surface area (Å²) >= 11 is 1.36. The van der Waals surface area contributed by atoms with E-state index in [2.05, 4.69) is 33.5 Å². The van der Waals surface area contributed by atoms with Gasteiger partial charge in [0.1, 0.15) is 5.82 Å².